The molecule has 0 fully saturated rings. The van der Waals surface area contributed by atoms with Crippen molar-refractivity contribution in [3.05, 3.63) is 34.9 Å². The van der Waals surface area contributed by atoms with Gasteiger partial charge in [-0.2, -0.15) is 13.2 Å². The van der Waals surface area contributed by atoms with Crippen molar-refractivity contribution in [3.8, 4) is 0 Å². The van der Waals surface area contributed by atoms with Gasteiger partial charge in [-0.05, 0) is 44.0 Å². The molecule has 0 heterocycles. The van der Waals surface area contributed by atoms with Gasteiger partial charge in [-0.3, -0.25) is 0 Å². The molecule has 2 atom stereocenters. The molecule has 1 aromatic carbocycles. The Bertz CT molecular complexity index is 404. The minimum absolute atomic E-state index is 0.231. The molecule has 2 N–H and O–H groups in total. The Morgan fingerprint density at radius 1 is 1.33 bits per heavy atom. The van der Waals surface area contributed by atoms with E-state index in [0.717, 1.165) is 12.1 Å². The molecule has 0 amide bonds. The molecule has 0 radical (unpaired) electrons. The summed E-state index contributed by atoms with van der Waals surface area (Å²) >= 11 is 0. The molecule has 0 bridgehead atoms. The van der Waals surface area contributed by atoms with Gasteiger partial charge in [-0.1, -0.05) is 6.07 Å². The highest BCUT2D eigenvalue weighted by Gasteiger charge is 2.31. The van der Waals surface area contributed by atoms with Gasteiger partial charge in [0.05, 0.1) is 17.7 Å². The summed E-state index contributed by atoms with van der Waals surface area (Å²) in [6.07, 6.45) is -4.55. The van der Waals surface area contributed by atoms with Gasteiger partial charge in [-0.15, -0.1) is 0 Å². The molecule has 2 unspecified atom stereocenters. The van der Waals surface area contributed by atoms with Crippen molar-refractivity contribution in [1.82, 2.24) is 0 Å². The van der Waals surface area contributed by atoms with Gasteiger partial charge in [0.15, 0.2) is 0 Å². The normalized spacial score (nSPS) is 15.5. The first-order valence-electron chi connectivity index (χ1n) is 5.82. The second-order valence-electron chi connectivity index (χ2n) is 4.26. The van der Waals surface area contributed by atoms with Crippen LogP contribution in [-0.2, 0) is 10.9 Å². The Kier molecular flexibility index (Phi) is 4.76. The number of rotatable bonds is 4. The minimum Gasteiger partial charge on any atom is -0.377 e. The van der Waals surface area contributed by atoms with Crippen LogP contribution in [0.4, 0.5) is 13.2 Å². The summed E-state index contributed by atoms with van der Waals surface area (Å²) in [5, 5.41) is 0. The van der Waals surface area contributed by atoms with Crippen LogP contribution in [0.5, 0.6) is 0 Å². The first kappa shape index (κ1) is 15.0. The van der Waals surface area contributed by atoms with Gasteiger partial charge in [0.2, 0.25) is 0 Å². The van der Waals surface area contributed by atoms with Gasteiger partial charge < -0.3 is 10.5 Å². The first-order chi connectivity index (χ1) is 8.27. The molecular formula is C13H18F3NO. The van der Waals surface area contributed by atoms with E-state index in [1.54, 1.807) is 6.92 Å². The van der Waals surface area contributed by atoms with Crippen LogP contribution in [0.2, 0.25) is 0 Å². The van der Waals surface area contributed by atoms with Crippen LogP contribution in [0.25, 0.3) is 0 Å². The summed E-state index contributed by atoms with van der Waals surface area (Å²) in [4.78, 5) is 0. The molecule has 0 saturated heterocycles. The third-order valence-corrected chi connectivity index (χ3v) is 2.89. The summed E-state index contributed by atoms with van der Waals surface area (Å²) in [6.45, 7) is 5.81. The highest BCUT2D eigenvalue weighted by Crippen LogP contribution is 2.32. The molecule has 0 aliphatic carbocycles. The van der Waals surface area contributed by atoms with Crippen LogP contribution < -0.4 is 5.73 Å². The zero-order valence-electron chi connectivity index (χ0n) is 10.7. The SMILES string of the molecule is CCOC(C)C(N)c1ccc(C(F)(F)F)cc1C. The maximum atomic E-state index is 12.5. The van der Waals surface area contributed by atoms with Gasteiger partial charge in [0.25, 0.3) is 0 Å². The highest BCUT2D eigenvalue weighted by atomic mass is 19.4. The number of hydrogen-bond acceptors (Lipinski definition) is 2. The van der Waals surface area contributed by atoms with Crippen LogP contribution >= 0.6 is 0 Å². The minimum atomic E-state index is -4.32. The topological polar surface area (TPSA) is 35.2 Å². The van der Waals surface area contributed by atoms with Crippen molar-refractivity contribution in [2.75, 3.05) is 6.61 Å². The predicted molar refractivity (Wildman–Crippen MR) is 64.2 cm³/mol. The Hall–Kier alpha value is -1.07. The molecule has 0 spiro atoms. The van der Waals surface area contributed by atoms with Gasteiger partial charge >= 0.3 is 6.18 Å². The molecular weight excluding hydrogens is 243 g/mol. The third-order valence-electron chi connectivity index (χ3n) is 2.89. The Morgan fingerprint density at radius 3 is 2.39 bits per heavy atom. The number of ether oxygens (including phenoxy) is 1. The van der Waals surface area contributed by atoms with Gasteiger partial charge in [0, 0.05) is 6.61 Å². The maximum Gasteiger partial charge on any atom is 0.416 e. The zero-order chi connectivity index (χ0) is 13.9. The second-order valence-corrected chi connectivity index (χ2v) is 4.26. The molecule has 0 aromatic heterocycles. The lowest BCUT2D eigenvalue weighted by atomic mass is 9.96. The molecule has 102 valence electrons. The largest absolute Gasteiger partial charge is 0.416 e. The van der Waals surface area contributed by atoms with Crippen LogP contribution in [0.1, 0.15) is 36.6 Å². The van der Waals surface area contributed by atoms with Crippen molar-refractivity contribution in [3.63, 3.8) is 0 Å². The fourth-order valence-corrected chi connectivity index (χ4v) is 1.85. The van der Waals surface area contributed by atoms with Gasteiger partial charge in [0.1, 0.15) is 0 Å². The van der Waals surface area contributed by atoms with E-state index in [-0.39, 0.29) is 6.10 Å². The third kappa shape index (κ3) is 3.46. The molecule has 0 aliphatic rings. The van der Waals surface area contributed by atoms with E-state index in [4.69, 9.17) is 10.5 Å². The monoisotopic (exact) mass is 261 g/mol. The van der Waals surface area contributed by atoms with Crippen molar-refractivity contribution in [1.29, 1.82) is 0 Å². The average Bonchev–Trinajstić information content (AvgIpc) is 2.27. The molecule has 1 aromatic rings. The summed E-state index contributed by atoms with van der Waals surface area (Å²) in [5.41, 5.74) is 6.54. The average molecular weight is 261 g/mol. The van der Waals surface area contributed by atoms with E-state index in [0.29, 0.717) is 17.7 Å². The fraction of sp³-hybridized carbons (Fsp3) is 0.538. The lowest BCUT2D eigenvalue weighted by molar-refractivity contribution is -0.137. The van der Waals surface area contributed by atoms with E-state index >= 15 is 0 Å². The zero-order valence-corrected chi connectivity index (χ0v) is 10.7. The van der Waals surface area contributed by atoms with Crippen molar-refractivity contribution < 1.29 is 17.9 Å². The number of halogens is 3. The quantitative estimate of drug-likeness (QED) is 0.901. The lowest BCUT2D eigenvalue weighted by Crippen LogP contribution is -2.27. The Labute approximate surface area is 105 Å². The summed E-state index contributed by atoms with van der Waals surface area (Å²) in [6, 6.07) is 3.18. The lowest BCUT2D eigenvalue weighted by Gasteiger charge is -2.22. The van der Waals surface area contributed by atoms with Crippen molar-refractivity contribution in [2.45, 2.75) is 39.1 Å². The highest BCUT2D eigenvalue weighted by molar-refractivity contribution is 5.34. The number of hydrogen-bond donors (Lipinski definition) is 1. The Balaban J connectivity index is 2.99. The van der Waals surface area contributed by atoms with Gasteiger partial charge in [-0.25, -0.2) is 0 Å². The van der Waals surface area contributed by atoms with Crippen molar-refractivity contribution >= 4 is 0 Å². The van der Waals surface area contributed by atoms with E-state index in [1.165, 1.54) is 6.07 Å². The van der Waals surface area contributed by atoms with Crippen LogP contribution in [0.3, 0.4) is 0 Å². The summed E-state index contributed by atoms with van der Waals surface area (Å²) in [5.74, 6) is 0. The van der Waals surface area contributed by atoms with Crippen molar-refractivity contribution in [2.24, 2.45) is 5.73 Å². The number of nitrogens with two attached hydrogens (primary N) is 1. The fourth-order valence-electron chi connectivity index (χ4n) is 1.85. The maximum absolute atomic E-state index is 12.5. The number of benzene rings is 1. The van der Waals surface area contributed by atoms with Crippen LogP contribution in [0.15, 0.2) is 18.2 Å². The van der Waals surface area contributed by atoms with E-state index < -0.39 is 17.8 Å². The van der Waals surface area contributed by atoms with E-state index in [1.807, 2.05) is 13.8 Å². The molecule has 18 heavy (non-hydrogen) atoms. The number of alkyl halides is 3. The number of aryl methyl sites for hydroxylation is 1. The standard InChI is InChI=1S/C13H18F3NO/c1-4-18-9(3)12(17)11-6-5-10(7-8(11)2)13(14,15)16/h5-7,9,12H,4,17H2,1-3H3. The smallest absolute Gasteiger partial charge is 0.377 e. The predicted octanol–water partition coefficient (Wildman–Crippen LogP) is 3.44. The van der Waals surface area contributed by atoms with Crippen LogP contribution in [-0.4, -0.2) is 12.7 Å². The van der Waals surface area contributed by atoms with E-state index in [9.17, 15) is 13.2 Å². The molecule has 0 saturated carbocycles. The molecule has 2 nitrogen and oxygen atoms in total. The Morgan fingerprint density at radius 2 is 1.94 bits per heavy atom. The first-order valence-corrected chi connectivity index (χ1v) is 5.82. The summed E-state index contributed by atoms with van der Waals surface area (Å²) < 4.78 is 42.9. The van der Waals surface area contributed by atoms with Crippen LogP contribution in [0, 0.1) is 6.92 Å². The molecule has 5 heteroatoms. The summed E-state index contributed by atoms with van der Waals surface area (Å²) in [7, 11) is 0. The second kappa shape index (κ2) is 5.71. The van der Waals surface area contributed by atoms with E-state index in [2.05, 4.69) is 0 Å². The molecule has 1 rings (SSSR count). The molecule has 0 aliphatic heterocycles.